The van der Waals surface area contributed by atoms with E-state index in [1.54, 1.807) is 25.4 Å². The van der Waals surface area contributed by atoms with Crippen LogP contribution in [-0.4, -0.2) is 33.2 Å². The lowest BCUT2D eigenvalue weighted by atomic mass is 9.86. The highest BCUT2D eigenvalue weighted by Gasteiger charge is 2.28. The Morgan fingerprint density at radius 3 is 2.65 bits per heavy atom. The van der Waals surface area contributed by atoms with E-state index in [9.17, 15) is 9.59 Å². The molecule has 0 bridgehead atoms. The maximum atomic E-state index is 13.0. The molecule has 2 aromatic heterocycles. The van der Waals surface area contributed by atoms with Crippen LogP contribution in [0.1, 0.15) is 46.0 Å². The Bertz CT molecular complexity index is 1230. The number of esters is 1. The Hall–Kier alpha value is -2.93. The Labute approximate surface area is 204 Å². The first kappa shape index (κ1) is 24.2. The predicted octanol–water partition coefficient (Wildman–Crippen LogP) is 5.21. The zero-order chi connectivity index (χ0) is 24.2. The number of nitrogens with zero attached hydrogens (tertiary/aromatic N) is 3. The van der Waals surface area contributed by atoms with Gasteiger partial charge in [-0.3, -0.25) is 14.2 Å². The number of carbonyl (C=O) groups excluding carboxylic acids is 1. The van der Waals surface area contributed by atoms with Gasteiger partial charge in [0, 0.05) is 40.8 Å². The molecule has 0 atom stereocenters. The molecule has 1 N–H and O–H groups in total. The van der Waals surface area contributed by atoms with E-state index in [2.05, 4.69) is 29.1 Å². The third kappa shape index (κ3) is 5.41. The number of rotatable bonds is 7. The number of ether oxygens (including phenoxy) is 1. The molecule has 1 aliphatic carbocycles. The number of hydrogen-bond acceptors (Lipinski definition) is 6. The lowest BCUT2D eigenvalue weighted by molar-refractivity contribution is -0.150. The molecule has 7 nitrogen and oxygen atoms in total. The Morgan fingerprint density at radius 2 is 1.94 bits per heavy atom. The molecule has 3 aromatic rings. The summed E-state index contributed by atoms with van der Waals surface area (Å²) < 4.78 is 6.98. The van der Waals surface area contributed by atoms with Gasteiger partial charge < -0.3 is 10.1 Å². The van der Waals surface area contributed by atoms with E-state index in [1.165, 1.54) is 4.57 Å². The average Bonchev–Trinajstić information content (AvgIpc) is 2.82. The van der Waals surface area contributed by atoms with Crippen molar-refractivity contribution in [2.45, 2.75) is 52.0 Å². The molecular weight excluding hydrogens is 452 g/mol. The van der Waals surface area contributed by atoms with Crippen LogP contribution in [0.4, 0.5) is 5.95 Å². The summed E-state index contributed by atoms with van der Waals surface area (Å²) in [6, 6.07) is 9.26. The number of benzene rings is 1. The van der Waals surface area contributed by atoms with E-state index in [4.69, 9.17) is 16.3 Å². The first-order chi connectivity index (χ1) is 16.3. The summed E-state index contributed by atoms with van der Waals surface area (Å²) in [5.74, 6) is 0.894. The summed E-state index contributed by atoms with van der Waals surface area (Å²) in [6.45, 7) is 4.74. The maximum Gasteiger partial charge on any atom is 0.308 e. The summed E-state index contributed by atoms with van der Waals surface area (Å²) in [6.07, 6.45) is 5.87. The van der Waals surface area contributed by atoms with Crippen LogP contribution in [0.3, 0.4) is 0 Å². The highest BCUT2D eigenvalue weighted by atomic mass is 35.5. The molecule has 0 aliphatic heterocycles. The number of halogens is 1. The zero-order valence-electron chi connectivity index (χ0n) is 19.9. The number of pyridine rings is 1. The highest BCUT2D eigenvalue weighted by Crippen LogP contribution is 2.29. The highest BCUT2D eigenvalue weighted by molar-refractivity contribution is 6.33. The van der Waals surface area contributed by atoms with Crippen LogP contribution >= 0.6 is 11.6 Å². The largest absolute Gasteiger partial charge is 0.465 e. The van der Waals surface area contributed by atoms with Crippen molar-refractivity contribution in [3.63, 3.8) is 0 Å². The van der Waals surface area contributed by atoms with Crippen LogP contribution in [0.5, 0.6) is 0 Å². The van der Waals surface area contributed by atoms with E-state index in [1.807, 2.05) is 18.2 Å². The van der Waals surface area contributed by atoms with Gasteiger partial charge in [0.1, 0.15) is 5.65 Å². The molecule has 4 rings (SSSR count). The topological polar surface area (TPSA) is 86.1 Å². The fourth-order valence-corrected chi connectivity index (χ4v) is 4.60. The molecule has 1 saturated carbocycles. The number of carbonyl (C=O) groups is 1. The van der Waals surface area contributed by atoms with Gasteiger partial charge >= 0.3 is 5.97 Å². The zero-order valence-corrected chi connectivity index (χ0v) is 20.6. The Morgan fingerprint density at radius 1 is 1.21 bits per heavy atom. The van der Waals surface area contributed by atoms with Crippen LogP contribution in [-0.2, 0) is 16.6 Å². The predicted molar refractivity (Wildman–Crippen MR) is 135 cm³/mol. The van der Waals surface area contributed by atoms with Gasteiger partial charge in [0.15, 0.2) is 0 Å². The molecule has 180 valence electrons. The molecule has 0 unspecified atom stereocenters. The van der Waals surface area contributed by atoms with E-state index < -0.39 is 0 Å². The van der Waals surface area contributed by atoms with Gasteiger partial charge in [-0.1, -0.05) is 43.6 Å². The number of nitrogens with one attached hydrogen (secondary N) is 1. The number of anilines is 1. The van der Waals surface area contributed by atoms with E-state index in [0.717, 1.165) is 37.5 Å². The van der Waals surface area contributed by atoms with Gasteiger partial charge in [-0.2, -0.15) is 4.98 Å². The van der Waals surface area contributed by atoms with Crippen molar-refractivity contribution in [1.82, 2.24) is 14.5 Å². The second-order valence-corrected chi connectivity index (χ2v) is 9.82. The molecule has 8 heteroatoms. The van der Waals surface area contributed by atoms with Crippen LogP contribution in [0.2, 0.25) is 5.02 Å². The van der Waals surface area contributed by atoms with Crippen molar-refractivity contribution in [3.8, 4) is 11.1 Å². The fraction of sp³-hybridized carbons (Fsp3) is 0.462. The summed E-state index contributed by atoms with van der Waals surface area (Å²) >= 11 is 6.32. The summed E-state index contributed by atoms with van der Waals surface area (Å²) in [5.41, 5.74) is 1.60. The Kier molecular flexibility index (Phi) is 7.51. The van der Waals surface area contributed by atoms with Crippen molar-refractivity contribution >= 4 is 34.6 Å². The van der Waals surface area contributed by atoms with Gasteiger partial charge in [0.25, 0.3) is 5.56 Å². The second kappa shape index (κ2) is 10.6. The quantitative estimate of drug-likeness (QED) is 0.465. The molecule has 1 aromatic carbocycles. The van der Waals surface area contributed by atoms with E-state index in [-0.39, 0.29) is 23.5 Å². The van der Waals surface area contributed by atoms with Gasteiger partial charge in [-0.25, -0.2) is 4.98 Å². The van der Waals surface area contributed by atoms with Crippen molar-refractivity contribution in [2.75, 3.05) is 11.9 Å². The van der Waals surface area contributed by atoms with Gasteiger partial charge in [-0.15, -0.1) is 0 Å². The van der Waals surface area contributed by atoms with E-state index >= 15 is 0 Å². The SMILES string of the molecule is CC(C)CCOC(=O)C1CCC(Nc2ncc3cc(-c4ccccc4Cl)c(=O)n(C)c3n2)CC1. The molecule has 0 radical (unpaired) electrons. The van der Waals surface area contributed by atoms with Crippen molar-refractivity contribution in [3.05, 3.63) is 51.9 Å². The lowest BCUT2D eigenvalue weighted by Crippen LogP contribution is -2.31. The molecule has 1 fully saturated rings. The normalized spacial score (nSPS) is 18.3. The van der Waals surface area contributed by atoms with Crippen molar-refractivity contribution < 1.29 is 9.53 Å². The number of aromatic nitrogens is 3. The Balaban J connectivity index is 1.44. The third-order valence-electron chi connectivity index (χ3n) is 6.45. The first-order valence-corrected chi connectivity index (χ1v) is 12.3. The molecule has 2 heterocycles. The minimum atomic E-state index is -0.165. The van der Waals surface area contributed by atoms with Crippen molar-refractivity contribution in [2.24, 2.45) is 18.9 Å². The molecule has 0 amide bonds. The standard InChI is InChI=1S/C26H31ClN4O3/c1-16(2)12-13-34-25(33)17-8-10-19(11-9-17)29-26-28-15-18-14-21(20-6-4-5-7-22(20)27)24(32)31(3)23(18)30-26/h4-7,14-17,19H,8-13H2,1-3H3,(H,28,29,30). The first-order valence-electron chi connectivity index (χ1n) is 11.9. The minimum absolute atomic E-state index is 0.0354. The smallest absolute Gasteiger partial charge is 0.308 e. The van der Waals surface area contributed by atoms with Crippen LogP contribution in [0, 0.1) is 11.8 Å². The summed E-state index contributed by atoms with van der Waals surface area (Å²) in [4.78, 5) is 34.4. The van der Waals surface area contributed by atoms with Crippen LogP contribution < -0.4 is 10.9 Å². The van der Waals surface area contributed by atoms with Crippen LogP contribution in [0.15, 0.2) is 41.3 Å². The maximum absolute atomic E-state index is 13.0. The van der Waals surface area contributed by atoms with Crippen LogP contribution in [0.25, 0.3) is 22.2 Å². The number of aryl methyl sites for hydroxylation is 1. The van der Waals surface area contributed by atoms with E-state index in [0.29, 0.717) is 40.3 Å². The molecular formula is C26H31ClN4O3. The molecule has 1 aliphatic rings. The van der Waals surface area contributed by atoms with Gasteiger partial charge in [0.2, 0.25) is 5.95 Å². The minimum Gasteiger partial charge on any atom is -0.465 e. The molecule has 0 spiro atoms. The molecule has 0 saturated heterocycles. The fourth-order valence-electron chi connectivity index (χ4n) is 4.36. The van der Waals surface area contributed by atoms with Gasteiger partial charge in [-0.05, 0) is 50.2 Å². The summed E-state index contributed by atoms with van der Waals surface area (Å²) in [5, 5.41) is 4.67. The summed E-state index contributed by atoms with van der Waals surface area (Å²) in [7, 11) is 1.71. The lowest BCUT2D eigenvalue weighted by Gasteiger charge is -2.28. The molecule has 34 heavy (non-hydrogen) atoms. The van der Waals surface area contributed by atoms with Gasteiger partial charge in [0.05, 0.1) is 12.5 Å². The third-order valence-corrected chi connectivity index (χ3v) is 6.78. The number of fused-ring (bicyclic) bond motifs is 1. The number of hydrogen-bond donors (Lipinski definition) is 1. The second-order valence-electron chi connectivity index (χ2n) is 9.42. The average molecular weight is 483 g/mol. The van der Waals surface area contributed by atoms with Crippen molar-refractivity contribution in [1.29, 1.82) is 0 Å². The monoisotopic (exact) mass is 482 g/mol.